The zero-order chi connectivity index (χ0) is 9.10. The van der Waals surface area contributed by atoms with Crippen LogP contribution in [0.15, 0.2) is 30.3 Å². The molecule has 2 rings (SSSR count). The fraction of sp³-hybridized carbons (Fsp3) is 0.455. The first kappa shape index (κ1) is 9.47. The number of benzene rings is 1. The molecule has 1 aromatic rings. The van der Waals surface area contributed by atoms with Gasteiger partial charge in [0.05, 0.1) is 0 Å². The minimum atomic E-state index is 0.734. The molecule has 1 aromatic carbocycles. The number of hydrogen-bond donors (Lipinski definition) is 0. The normalized spacial score (nSPS) is 28.7. The predicted octanol–water partition coefficient (Wildman–Crippen LogP) is 3.94. The van der Waals surface area contributed by atoms with Gasteiger partial charge < -0.3 is 0 Å². The van der Waals surface area contributed by atoms with Crippen molar-refractivity contribution in [2.24, 2.45) is 0 Å². The van der Waals surface area contributed by atoms with Gasteiger partial charge in [0, 0.05) is 9.83 Å². The van der Waals surface area contributed by atoms with Gasteiger partial charge in [-0.05, 0) is 24.7 Å². The smallest absolute Gasteiger partial charge is 0.0480 e. The third-order valence-corrected chi connectivity index (χ3v) is 5.16. The van der Waals surface area contributed by atoms with Crippen LogP contribution >= 0.6 is 23.5 Å². The van der Waals surface area contributed by atoms with Gasteiger partial charge in [-0.15, -0.1) is 23.5 Å². The summed E-state index contributed by atoms with van der Waals surface area (Å²) in [7, 11) is 0. The Kier molecular flexibility index (Phi) is 3.23. The number of thioether (sulfide) groups is 2. The van der Waals surface area contributed by atoms with Crippen molar-refractivity contribution < 1.29 is 0 Å². The average Bonchev–Trinajstić information content (AvgIpc) is 2.19. The summed E-state index contributed by atoms with van der Waals surface area (Å²) >= 11 is 4.18. The lowest BCUT2D eigenvalue weighted by Gasteiger charge is -2.26. The maximum Gasteiger partial charge on any atom is 0.0480 e. The average molecular weight is 210 g/mol. The van der Waals surface area contributed by atoms with Gasteiger partial charge in [-0.2, -0.15) is 0 Å². The van der Waals surface area contributed by atoms with Gasteiger partial charge >= 0.3 is 0 Å². The van der Waals surface area contributed by atoms with Crippen LogP contribution in [-0.4, -0.2) is 10.3 Å². The van der Waals surface area contributed by atoms with Gasteiger partial charge in [-0.1, -0.05) is 30.3 Å². The molecule has 0 spiro atoms. The van der Waals surface area contributed by atoms with E-state index in [1.165, 1.54) is 17.7 Å². The van der Waals surface area contributed by atoms with Gasteiger partial charge in [0.2, 0.25) is 0 Å². The zero-order valence-electron chi connectivity index (χ0n) is 7.77. The molecule has 1 fully saturated rings. The minimum Gasteiger partial charge on any atom is -0.148 e. The molecule has 0 aromatic heterocycles. The molecule has 1 saturated heterocycles. The standard InChI is InChI=1S/C11H14S2/c1-9-12-8-7-11(13-9)10-5-3-2-4-6-10/h2-6,9,11H,7-8H2,1H3/t9-,11?/m1/s1. The topological polar surface area (TPSA) is 0 Å². The number of rotatable bonds is 1. The molecule has 13 heavy (non-hydrogen) atoms. The van der Waals surface area contributed by atoms with E-state index in [2.05, 4.69) is 60.8 Å². The maximum atomic E-state index is 2.31. The zero-order valence-corrected chi connectivity index (χ0v) is 9.41. The molecule has 0 radical (unpaired) electrons. The summed E-state index contributed by atoms with van der Waals surface area (Å²) in [5.41, 5.74) is 1.50. The van der Waals surface area contributed by atoms with Crippen molar-refractivity contribution in [1.82, 2.24) is 0 Å². The van der Waals surface area contributed by atoms with Gasteiger partial charge in [-0.25, -0.2) is 0 Å². The van der Waals surface area contributed by atoms with Crippen molar-refractivity contribution in [3.05, 3.63) is 35.9 Å². The second-order valence-electron chi connectivity index (χ2n) is 3.26. The highest BCUT2D eigenvalue weighted by molar-refractivity contribution is 8.17. The summed E-state index contributed by atoms with van der Waals surface area (Å²) in [4.78, 5) is 0. The first-order valence-corrected chi connectivity index (χ1v) is 6.67. The second-order valence-corrected chi connectivity index (χ2v) is 6.56. The van der Waals surface area contributed by atoms with Crippen LogP contribution < -0.4 is 0 Å². The van der Waals surface area contributed by atoms with Crippen LogP contribution in [0.25, 0.3) is 0 Å². The Hall–Kier alpha value is -0.0800. The van der Waals surface area contributed by atoms with E-state index in [0.29, 0.717) is 0 Å². The maximum absolute atomic E-state index is 2.31. The first-order valence-electron chi connectivity index (χ1n) is 4.68. The lowest BCUT2D eigenvalue weighted by Crippen LogP contribution is -2.07. The Labute approximate surface area is 88.5 Å². The molecule has 0 saturated carbocycles. The molecule has 0 bridgehead atoms. The molecule has 0 nitrogen and oxygen atoms in total. The first-order chi connectivity index (χ1) is 6.36. The molecule has 1 heterocycles. The van der Waals surface area contributed by atoms with Gasteiger partial charge in [0.1, 0.15) is 0 Å². The van der Waals surface area contributed by atoms with Crippen LogP contribution in [0.1, 0.15) is 24.2 Å². The summed E-state index contributed by atoms with van der Waals surface area (Å²) in [6.45, 7) is 2.31. The molecule has 0 amide bonds. The van der Waals surface area contributed by atoms with Crippen LogP contribution in [0.5, 0.6) is 0 Å². The largest absolute Gasteiger partial charge is 0.148 e. The molecular formula is C11H14S2. The SMILES string of the molecule is C[C@@H]1SCCC(c2ccccc2)S1. The Morgan fingerprint density at radius 2 is 2.00 bits per heavy atom. The van der Waals surface area contributed by atoms with E-state index in [1.54, 1.807) is 0 Å². The van der Waals surface area contributed by atoms with Crippen molar-refractivity contribution in [2.45, 2.75) is 23.2 Å². The fourth-order valence-electron chi connectivity index (χ4n) is 1.59. The van der Waals surface area contributed by atoms with Crippen LogP contribution in [0.3, 0.4) is 0 Å². The van der Waals surface area contributed by atoms with Crippen LogP contribution in [0.2, 0.25) is 0 Å². The van der Waals surface area contributed by atoms with E-state index >= 15 is 0 Å². The highest BCUT2D eigenvalue weighted by Crippen LogP contribution is 2.44. The van der Waals surface area contributed by atoms with Crippen LogP contribution in [0.4, 0.5) is 0 Å². The molecule has 1 aliphatic heterocycles. The van der Waals surface area contributed by atoms with Crippen molar-refractivity contribution in [2.75, 3.05) is 5.75 Å². The van der Waals surface area contributed by atoms with Crippen LogP contribution in [0, 0.1) is 0 Å². The molecule has 70 valence electrons. The van der Waals surface area contributed by atoms with E-state index in [1.807, 2.05) is 0 Å². The molecule has 1 unspecified atom stereocenters. The number of hydrogen-bond acceptors (Lipinski definition) is 2. The monoisotopic (exact) mass is 210 g/mol. The summed E-state index contributed by atoms with van der Waals surface area (Å²) in [5.74, 6) is 1.31. The third kappa shape index (κ3) is 2.44. The van der Waals surface area contributed by atoms with Crippen molar-refractivity contribution >= 4 is 23.5 Å². The summed E-state index contributed by atoms with van der Waals surface area (Å²) < 4.78 is 0.763. The van der Waals surface area contributed by atoms with E-state index in [-0.39, 0.29) is 0 Å². The molecule has 2 heteroatoms. The molecule has 1 aliphatic rings. The highest BCUT2D eigenvalue weighted by atomic mass is 32.2. The molecule has 0 N–H and O–H groups in total. The van der Waals surface area contributed by atoms with E-state index < -0.39 is 0 Å². The lowest BCUT2D eigenvalue weighted by atomic mass is 10.1. The van der Waals surface area contributed by atoms with E-state index in [9.17, 15) is 0 Å². The fourth-order valence-corrected chi connectivity index (χ4v) is 4.48. The van der Waals surface area contributed by atoms with Crippen LogP contribution in [-0.2, 0) is 0 Å². The summed E-state index contributed by atoms with van der Waals surface area (Å²) in [5, 5.41) is 0.734. The van der Waals surface area contributed by atoms with Crippen molar-refractivity contribution in [1.29, 1.82) is 0 Å². The van der Waals surface area contributed by atoms with Crippen molar-refractivity contribution in [3.8, 4) is 0 Å². The van der Waals surface area contributed by atoms with E-state index in [0.717, 1.165) is 9.83 Å². The molecule has 2 atom stereocenters. The Balaban J connectivity index is 2.08. The Morgan fingerprint density at radius 3 is 2.69 bits per heavy atom. The lowest BCUT2D eigenvalue weighted by molar-refractivity contribution is 0.894. The van der Waals surface area contributed by atoms with E-state index in [4.69, 9.17) is 0 Å². The highest BCUT2D eigenvalue weighted by Gasteiger charge is 2.20. The Morgan fingerprint density at radius 1 is 1.23 bits per heavy atom. The van der Waals surface area contributed by atoms with Gasteiger partial charge in [0.25, 0.3) is 0 Å². The third-order valence-electron chi connectivity index (χ3n) is 2.26. The molecular weight excluding hydrogens is 196 g/mol. The van der Waals surface area contributed by atoms with Gasteiger partial charge in [0.15, 0.2) is 0 Å². The second kappa shape index (κ2) is 4.43. The Bertz CT molecular complexity index is 258. The van der Waals surface area contributed by atoms with Gasteiger partial charge in [-0.3, -0.25) is 0 Å². The minimum absolute atomic E-state index is 0.734. The summed E-state index contributed by atoms with van der Waals surface area (Å²) in [6, 6.07) is 10.9. The predicted molar refractivity (Wildman–Crippen MR) is 63.3 cm³/mol. The van der Waals surface area contributed by atoms with Crippen molar-refractivity contribution in [3.63, 3.8) is 0 Å². The summed E-state index contributed by atoms with van der Waals surface area (Å²) in [6.07, 6.45) is 1.32. The quantitative estimate of drug-likeness (QED) is 0.688. The molecule has 0 aliphatic carbocycles.